The summed E-state index contributed by atoms with van der Waals surface area (Å²) < 4.78 is 10.6. The molecular formula is C19H18O4. The van der Waals surface area contributed by atoms with Crippen molar-refractivity contribution in [2.75, 3.05) is 7.11 Å². The van der Waals surface area contributed by atoms with Gasteiger partial charge in [-0.25, -0.2) is 4.79 Å². The molecular weight excluding hydrogens is 292 g/mol. The molecule has 0 unspecified atom stereocenters. The standard InChI is InChI=1S/C19H18O4/c1-14-9-11-15(12-10-14)16(19(20)21)6-5-13-23-18-8-4-3-7-17(18)22-2/h3-13H,1-2H3,(H,20,21)/b13-5+,16-6-. The highest BCUT2D eigenvalue weighted by molar-refractivity contribution is 6.15. The van der Waals surface area contributed by atoms with E-state index in [0.717, 1.165) is 5.56 Å². The number of benzene rings is 2. The average molecular weight is 310 g/mol. The Balaban J connectivity index is 2.14. The van der Waals surface area contributed by atoms with Gasteiger partial charge in [0.1, 0.15) is 0 Å². The summed E-state index contributed by atoms with van der Waals surface area (Å²) >= 11 is 0. The summed E-state index contributed by atoms with van der Waals surface area (Å²) in [6.45, 7) is 1.95. The third kappa shape index (κ3) is 4.48. The molecule has 0 radical (unpaired) electrons. The number of rotatable bonds is 6. The van der Waals surface area contributed by atoms with Crippen LogP contribution in [0.2, 0.25) is 0 Å². The number of hydrogen-bond acceptors (Lipinski definition) is 3. The number of methoxy groups -OCH3 is 1. The molecule has 1 N–H and O–H groups in total. The summed E-state index contributed by atoms with van der Waals surface area (Å²) in [5.74, 6) is 0.181. The van der Waals surface area contributed by atoms with Crippen LogP contribution in [0.15, 0.2) is 66.9 Å². The Morgan fingerprint density at radius 2 is 1.70 bits per heavy atom. The van der Waals surface area contributed by atoms with Crippen molar-refractivity contribution in [3.8, 4) is 11.5 Å². The number of carboxylic acids is 1. The van der Waals surface area contributed by atoms with Gasteiger partial charge in [-0.3, -0.25) is 0 Å². The number of allylic oxidation sites excluding steroid dienone is 2. The second kappa shape index (κ2) is 7.84. The molecule has 0 saturated heterocycles. The Hall–Kier alpha value is -3.01. The fourth-order valence-electron chi connectivity index (χ4n) is 1.99. The third-order valence-electron chi connectivity index (χ3n) is 3.20. The highest BCUT2D eigenvalue weighted by Gasteiger charge is 2.08. The zero-order valence-corrected chi connectivity index (χ0v) is 13.0. The Morgan fingerprint density at radius 3 is 2.30 bits per heavy atom. The molecule has 0 aliphatic rings. The van der Waals surface area contributed by atoms with Crippen molar-refractivity contribution < 1.29 is 19.4 Å². The molecule has 23 heavy (non-hydrogen) atoms. The minimum Gasteiger partial charge on any atom is -0.493 e. The van der Waals surface area contributed by atoms with Crippen LogP contribution in [-0.2, 0) is 4.79 Å². The van der Waals surface area contributed by atoms with E-state index in [1.807, 2.05) is 31.2 Å². The Bertz CT molecular complexity index is 727. The van der Waals surface area contributed by atoms with E-state index >= 15 is 0 Å². The summed E-state index contributed by atoms with van der Waals surface area (Å²) in [6.07, 6.45) is 4.48. The largest absolute Gasteiger partial charge is 0.493 e. The number of ether oxygens (including phenoxy) is 2. The molecule has 0 fully saturated rings. The van der Waals surface area contributed by atoms with Gasteiger partial charge in [-0.1, -0.05) is 42.0 Å². The second-order valence-electron chi connectivity index (χ2n) is 4.85. The number of hydrogen-bond donors (Lipinski definition) is 1. The zero-order valence-electron chi connectivity index (χ0n) is 13.0. The highest BCUT2D eigenvalue weighted by Crippen LogP contribution is 2.26. The van der Waals surface area contributed by atoms with Gasteiger partial charge >= 0.3 is 5.97 Å². The third-order valence-corrected chi connectivity index (χ3v) is 3.20. The number of carboxylic acid groups (broad SMARTS) is 1. The Morgan fingerprint density at radius 1 is 1.04 bits per heavy atom. The molecule has 0 aliphatic carbocycles. The topological polar surface area (TPSA) is 55.8 Å². The number of aliphatic carboxylic acids is 1. The molecule has 0 amide bonds. The van der Waals surface area contributed by atoms with E-state index in [9.17, 15) is 9.90 Å². The smallest absolute Gasteiger partial charge is 0.336 e. The molecule has 0 saturated carbocycles. The lowest BCUT2D eigenvalue weighted by molar-refractivity contribution is -0.130. The van der Waals surface area contributed by atoms with Crippen LogP contribution < -0.4 is 9.47 Å². The molecule has 0 aromatic heterocycles. The molecule has 4 nitrogen and oxygen atoms in total. The number of para-hydroxylation sites is 2. The normalized spacial score (nSPS) is 11.5. The summed E-state index contributed by atoms with van der Waals surface area (Å²) in [7, 11) is 1.56. The van der Waals surface area contributed by atoms with E-state index in [0.29, 0.717) is 17.1 Å². The minimum absolute atomic E-state index is 0.199. The number of aryl methyl sites for hydroxylation is 1. The summed E-state index contributed by atoms with van der Waals surface area (Å²) in [5, 5.41) is 9.33. The van der Waals surface area contributed by atoms with E-state index in [-0.39, 0.29) is 5.57 Å². The van der Waals surface area contributed by atoms with Gasteiger partial charge in [-0.05, 0) is 36.8 Å². The fraction of sp³-hybridized carbons (Fsp3) is 0.105. The molecule has 0 aliphatic heterocycles. The van der Waals surface area contributed by atoms with Gasteiger partial charge in [0.15, 0.2) is 11.5 Å². The van der Waals surface area contributed by atoms with Crippen molar-refractivity contribution in [2.24, 2.45) is 0 Å². The predicted molar refractivity (Wildman–Crippen MR) is 89.6 cm³/mol. The first kappa shape index (κ1) is 16.4. The molecule has 0 spiro atoms. The van der Waals surface area contributed by atoms with Gasteiger partial charge in [0, 0.05) is 0 Å². The van der Waals surface area contributed by atoms with Crippen LogP contribution >= 0.6 is 0 Å². The van der Waals surface area contributed by atoms with E-state index in [4.69, 9.17) is 9.47 Å². The maximum absolute atomic E-state index is 11.4. The molecule has 0 bridgehead atoms. The van der Waals surface area contributed by atoms with Gasteiger partial charge in [0.2, 0.25) is 0 Å². The van der Waals surface area contributed by atoms with Gasteiger partial charge < -0.3 is 14.6 Å². The first-order valence-corrected chi connectivity index (χ1v) is 7.08. The van der Waals surface area contributed by atoms with Crippen LogP contribution in [0.1, 0.15) is 11.1 Å². The van der Waals surface area contributed by atoms with Gasteiger partial charge in [-0.2, -0.15) is 0 Å². The van der Waals surface area contributed by atoms with Crippen LogP contribution in [0.4, 0.5) is 0 Å². The van der Waals surface area contributed by atoms with Crippen molar-refractivity contribution in [3.05, 3.63) is 78.1 Å². The summed E-state index contributed by atoms with van der Waals surface area (Å²) in [5.41, 5.74) is 1.92. The molecule has 0 atom stereocenters. The van der Waals surface area contributed by atoms with Crippen molar-refractivity contribution in [3.63, 3.8) is 0 Å². The lowest BCUT2D eigenvalue weighted by Crippen LogP contribution is -1.99. The zero-order chi connectivity index (χ0) is 16.7. The van der Waals surface area contributed by atoms with E-state index in [1.165, 1.54) is 12.3 Å². The molecule has 4 heteroatoms. The van der Waals surface area contributed by atoms with Gasteiger partial charge in [0.05, 0.1) is 18.9 Å². The van der Waals surface area contributed by atoms with Crippen LogP contribution in [0.3, 0.4) is 0 Å². The first-order chi connectivity index (χ1) is 11.1. The summed E-state index contributed by atoms with van der Waals surface area (Å²) in [6, 6.07) is 14.5. The molecule has 2 aromatic rings. The molecule has 2 aromatic carbocycles. The molecule has 118 valence electrons. The first-order valence-electron chi connectivity index (χ1n) is 7.08. The van der Waals surface area contributed by atoms with Gasteiger partial charge in [0.25, 0.3) is 0 Å². The fourth-order valence-corrected chi connectivity index (χ4v) is 1.99. The average Bonchev–Trinajstić information content (AvgIpc) is 2.56. The van der Waals surface area contributed by atoms with Crippen LogP contribution in [0, 0.1) is 6.92 Å². The minimum atomic E-state index is -0.990. The van der Waals surface area contributed by atoms with Crippen molar-refractivity contribution in [1.29, 1.82) is 0 Å². The monoisotopic (exact) mass is 310 g/mol. The summed E-state index contributed by atoms with van der Waals surface area (Å²) in [4.78, 5) is 11.4. The van der Waals surface area contributed by atoms with Crippen LogP contribution in [-0.4, -0.2) is 18.2 Å². The molecule has 0 heterocycles. The number of carbonyl (C=O) groups is 1. The van der Waals surface area contributed by atoms with Crippen LogP contribution in [0.25, 0.3) is 5.57 Å². The lowest BCUT2D eigenvalue weighted by Gasteiger charge is -2.06. The van der Waals surface area contributed by atoms with Crippen molar-refractivity contribution in [2.45, 2.75) is 6.92 Å². The Labute approximate surface area is 135 Å². The quantitative estimate of drug-likeness (QED) is 0.496. The lowest BCUT2D eigenvalue weighted by atomic mass is 10.0. The molecule has 2 rings (SSSR count). The predicted octanol–water partition coefficient (Wildman–Crippen LogP) is 4.06. The van der Waals surface area contributed by atoms with E-state index < -0.39 is 5.97 Å². The SMILES string of the molecule is COc1ccccc1O/C=C/C=C(\C(=O)O)c1ccc(C)cc1. The maximum atomic E-state index is 11.4. The van der Waals surface area contributed by atoms with Crippen LogP contribution in [0.5, 0.6) is 11.5 Å². The van der Waals surface area contributed by atoms with E-state index in [2.05, 4.69) is 0 Å². The van der Waals surface area contributed by atoms with Crippen molar-refractivity contribution in [1.82, 2.24) is 0 Å². The van der Waals surface area contributed by atoms with E-state index in [1.54, 1.807) is 37.5 Å². The van der Waals surface area contributed by atoms with Gasteiger partial charge in [-0.15, -0.1) is 0 Å². The second-order valence-corrected chi connectivity index (χ2v) is 4.85. The van der Waals surface area contributed by atoms with Crippen molar-refractivity contribution >= 4 is 11.5 Å². The highest BCUT2D eigenvalue weighted by atomic mass is 16.5. The Kier molecular flexibility index (Phi) is 5.58. The maximum Gasteiger partial charge on any atom is 0.336 e.